The molecule has 1 aliphatic carbocycles. The van der Waals surface area contributed by atoms with Crippen LogP contribution in [-0.4, -0.2) is 25.0 Å². The first-order valence-electron chi connectivity index (χ1n) is 7.72. The normalized spacial score (nSPS) is 16.7. The van der Waals surface area contributed by atoms with E-state index in [0.717, 1.165) is 36.1 Å². The van der Waals surface area contributed by atoms with Crippen molar-refractivity contribution in [1.82, 2.24) is 10.5 Å². The zero-order valence-electron chi connectivity index (χ0n) is 13.3. The Labute approximate surface area is 134 Å². The molecule has 1 heterocycles. The Morgan fingerprint density at radius 1 is 1.43 bits per heavy atom. The number of nitrogens with one attached hydrogen (secondary N) is 1. The summed E-state index contributed by atoms with van der Waals surface area (Å²) in [6.07, 6.45) is 2.91. The van der Waals surface area contributed by atoms with Gasteiger partial charge in [-0.2, -0.15) is 0 Å². The summed E-state index contributed by atoms with van der Waals surface area (Å²) in [5.74, 6) is 0.832. The fraction of sp³-hybridized carbons (Fsp3) is 0.412. The molecule has 122 valence electrons. The third-order valence-corrected chi connectivity index (χ3v) is 4.11. The average molecular weight is 316 g/mol. The molecule has 0 aliphatic heterocycles. The molecule has 1 atom stereocenters. The lowest BCUT2D eigenvalue weighted by molar-refractivity contribution is 0.0127. The molecule has 23 heavy (non-hydrogen) atoms. The smallest absolute Gasteiger partial charge is 0.341 e. The second kappa shape index (κ2) is 6.83. The van der Waals surface area contributed by atoms with Crippen LogP contribution >= 0.6 is 0 Å². The fourth-order valence-corrected chi connectivity index (χ4v) is 2.86. The number of nitrogens with zero attached hydrogens (tertiary/aromatic N) is 1. The highest BCUT2D eigenvalue weighted by Gasteiger charge is 2.28. The average Bonchev–Trinajstić information content (AvgIpc) is 2.98. The van der Waals surface area contributed by atoms with E-state index in [9.17, 15) is 4.79 Å². The summed E-state index contributed by atoms with van der Waals surface area (Å²) in [7, 11) is 1.90. The van der Waals surface area contributed by atoms with Gasteiger partial charge in [0.05, 0.1) is 11.1 Å². The quantitative estimate of drug-likeness (QED) is 0.675. The Morgan fingerprint density at radius 3 is 3.04 bits per heavy atom. The number of esters is 1. The van der Waals surface area contributed by atoms with Crippen LogP contribution < -0.4 is 10.1 Å². The molecular formula is C17H20N2O4. The first-order chi connectivity index (χ1) is 11.2. The number of benzene rings is 1. The SMILES string of the molecule is CNC1CCCc2onc(OCOC(=O)c3ccccc3C)c21. The minimum Gasteiger partial charge on any atom is -0.437 e. The Kier molecular flexibility index (Phi) is 4.62. The summed E-state index contributed by atoms with van der Waals surface area (Å²) in [6.45, 7) is 1.67. The van der Waals surface area contributed by atoms with Gasteiger partial charge in [-0.05, 0) is 43.6 Å². The Balaban J connectivity index is 1.63. The summed E-state index contributed by atoms with van der Waals surface area (Å²) >= 11 is 0. The van der Waals surface area contributed by atoms with Gasteiger partial charge in [0.15, 0.2) is 0 Å². The molecule has 3 rings (SSSR count). The molecular weight excluding hydrogens is 296 g/mol. The highest BCUT2D eigenvalue weighted by molar-refractivity contribution is 5.90. The van der Waals surface area contributed by atoms with Gasteiger partial charge < -0.3 is 19.3 Å². The molecule has 0 amide bonds. The molecule has 0 spiro atoms. The molecule has 1 aliphatic rings. The largest absolute Gasteiger partial charge is 0.437 e. The van der Waals surface area contributed by atoms with Crippen molar-refractivity contribution in [1.29, 1.82) is 0 Å². The fourth-order valence-electron chi connectivity index (χ4n) is 2.86. The molecule has 1 unspecified atom stereocenters. The van der Waals surface area contributed by atoms with E-state index in [0.29, 0.717) is 11.4 Å². The van der Waals surface area contributed by atoms with Crippen LogP contribution in [0.1, 0.15) is 46.1 Å². The van der Waals surface area contributed by atoms with E-state index in [-0.39, 0.29) is 12.8 Å². The molecule has 6 nitrogen and oxygen atoms in total. The number of carbonyl (C=O) groups is 1. The molecule has 0 fully saturated rings. The van der Waals surface area contributed by atoms with Crippen molar-refractivity contribution in [3.05, 3.63) is 46.7 Å². The van der Waals surface area contributed by atoms with E-state index in [1.54, 1.807) is 12.1 Å². The van der Waals surface area contributed by atoms with Crippen molar-refractivity contribution < 1.29 is 18.8 Å². The maximum Gasteiger partial charge on any atom is 0.341 e. The molecule has 0 saturated carbocycles. The summed E-state index contributed by atoms with van der Waals surface area (Å²) in [4.78, 5) is 12.0. The van der Waals surface area contributed by atoms with Crippen LogP contribution in [0.4, 0.5) is 0 Å². The van der Waals surface area contributed by atoms with Gasteiger partial charge in [-0.1, -0.05) is 18.2 Å². The Hall–Kier alpha value is -2.34. The zero-order valence-corrected chi connectivity index (χ0v) is 13.3. The van der Waals surface area contributed by atoms with Crippen LogP contribution in [0.5, 0.6) is 5.88 Å². The van der Waals surface area contributed by atoms with E-state index < -0.39 is 5.97 Å². The number of hydrogen-bond donors (Lipinski definition) is 1. The zero-order chi connectivity index (χ0) is 16.2. The van der Waals surface area contributed by atoms with Gasteiger partial charge in [-0.3, -0.25) is 0 Å². The van der Waals surface area contributed by atoms with Gasteiger partial charge in [0.25, 0.3) is 5.88 Å². The summed E-state index contributed by atoms with van der Waals surface area (Å²) in [5, 5.41) is 7.19. The van der Waals surface area contributed by atoms with Gasteiger partial charge in [0.2, 0.25) is 6.79 Å². The van der Waals surface area contributed by atoms with Crippen molar-refractivity contribution >= 4 is 5.97 Å². The number of ether oxygens (including phenoxy) is 2. The van der Waals surface area contributed by atoms with Gasteiger partial charge in [-0.25, -0.2) is 4.79 Å². The third kappa shape index (κ3) is 3.22. The van der Waals surface area contributed by atoms with Crippen molar-refractivity contribution in [2.24, 2.45) is 0 Å². The number of hydrogen-bond acceptors (Lipinski definition) is 6. The second-order valence-electron chi connectivity index (χ2n) is 5.57. The van der Waals surface area contributed by atoms with E-state index in [4.69, 9.17) is 14.0 Å². The Bertz CT molecular complexity index is 696. The van der Waals surface area contributed by atoms with Gasteiger partial charge in [-0.15, -0.1) is 0 Å². The standard InChI is InChI=1S/C17H20N2O4/c1-11-6-3-4-7-12(11)17(20)22-10-21-16-15-13(18-2)8-5-9-14(15)23-19-16/h3-4,6-7,13,18H,5,8-10H2,1-2H3. The summed E-state index contributed by atoms with van der Waals surface area (Å²) in [6, 6.07) is 7.43. The molecule has 0 saturated heterocycles. The van der Waals surface area contributed by atoms with Crippen LogP contribution in [-0.2, 0) is 11.2 Å². The first-order valence-corrected chi connectivity index (χ1v) is 7.72. The molecule has 0 radical (unpaired) electrons. The predicted molar refractivity (Wildman–Crippen MR) is 83.3 cm³/mol. The predicted octanol–water partition coefficient (Wildman–Crippen LogP) is 2.77. The molecule has 1 N–H and O–H groups in total. The minimum absolute atomic E-state index is 0.159. The number of fused-ring (bicyclic) bond motifs is 1. The number of aryl methyl sites for hydroxylation is 2. The first kappa shape index (κ1) is 15.6. The van der Waals surface area contributed by atoms with Crippen molar-refractivity contribution in [2.45, 2.75) is 32.2 Å². The summed E-state index contributed by atoms with van der Waals surface area (Å²) in [5.41, 5.74) is 2.34. The minimum atomic E-state index is -0.411. The van der Waals surface area contributed by atoms with Gasteiger partial charge in [0, 0.05) is 12.5 Å². The van der Waals surface area contributed by atoms with Crippen molar-refractivity contribution in [3.63, 3.8) is 0 Å². The topological polar surface area (TPSA) is 73.6 Å². The maximum atomic E-state index is 12.0. The lowest BCUT2D eigenvalue weighted by atomic mass is 9.93. The molecule has 0 bridgehead atoms. The van der Waals surface area contributed by atoms with Crippen LogP contribution in [0.15, 0.2) is 28.8 Å². The van der Waals surface area contributed by atoms with Crippen molar-refractivity contribution in [2.75, 3.05) is 13.8 Å². The third-order valence-electron chi connectivity index (χ3n) is 4.11. The lowest BCUT2D eigenvalue weighted by Crippen LogP contribution is -2.21. The molecule has 1 aromatic carbocycles. The molecule has 6 heteroatoms. The Morgan fingerprint density at radius 2 is 2.26 bits per heavy atom. The maximum absolute atomic E-state index is 12.0. The van der Waals surface area contributed by atoms with Crippen LogP contribution in [0.2, 0.25) is 0 Å². The second-order valence-corrected chi connectivity index (χ2v) is 5.57. The number of aromatic nitrogens is 1. The van der Waals surface area contributed by atoms with E-state index in [2.05, 4.69) is 10.5 Å². The molecule has 2 aromatic rings. The van der Waals surface area contributed by atoms with Crippen molar-refractivity contribution in [3.8, 4) is 5.88 Å². The van der Waals surface area contributed by atoms with E-state index in [1.165, 1.54) is 0 Å². The van der Waals surface area contributed by atoms with E-state index in [1.807, 2.05) is 26.1 Å². The van der Waals surface area contributed by atoms with Crippen LogP contribution in [0, 0.1) is 6.92 Å². The van der Waals surface area contributed by atoms with E-state index >= 15 is 0 Å². The van der Waals surface area contributed by atoms with Gasteiger partial charge in [0.1, 0.15) is 5.76 Å². The number of carbonyl (C=O) groups excluding carboxylic acids is 1. The highest BCUT2D eigenvalue weighted by Crippen LogP contribution is 2.36. The highest BCUT2D eigenvalue weighted by atomic mass is 16.7. The van der Waals surface area contributed by atoms with Gasteiger partial charge >= 0.3 is 5.97 Å². The number of rotatable bonds is 5. The summed E-state index contributed by atoms with van der Waals surface area (Å²) < 4.78 is 16.0. The lowest BCUT2D eigenvalue weighted by Gasteiger charge is -2.20. The monoisotopic (exact) mass is 316 g/mol. The van der Waals surface area contributed by atoms with Crippen LogP contribution in [0.25, 0.3) is 0 Å². The van der Waals surface area contributed by atoms with Crippen LogP contribution in [0.3, 0.4) is 0 Å². The molecule has 1 aromatic heterocycles.